The molecule has 1 aromatic carbocycles. The Morgan fingerprint density at radius 2 is 1.88 bits per heavy atom. The first-order chi connectivity index (χ1) is 8.24. The molecular weight excluding hydrogens is 210 g/mol. The zero-order chi connectivity index (χ0) is 12.5. The van der Waals surface area contributed by atoms with Crippen molar-refractivity contribution in [1.29, 1.82) is 0 Å². The molecule has 1 rings (SSSR count). The first-order valence-electron chi connectivity index (χ1n) is 6.60. The molecule has 0 aromatic heterocycles. The van der Waals surface area contributed by atoms with Gasteiger partial charge in [0.1, 0.15) is 0 Å². The lowest BCUT2D eigenvalue weighted by molar-refractivity contribution is -0.119. The summed E-state index contributed by atoms with van der Waals surface area (Å²) < 4.78 is 0. The van der Waals surface area contributed by atoms with E-state index in [1.165, 1.54) is 19.3 Å². The molecule has 0 fully saturated rings. The molecule has 0 heterocycles. The Bertz CT molecular complexity index is 321. The minimum atomic E-state index is 0.104. The number of hydrogen-bond donors (Lipinski definition) is 1. The zero-order valence-electron chi connectivity index (χ0n) is 10.9. The summed E-state index contributed by atoms with van der Waals surface area (Å²) in [6.45, 7) is 4.20. The molecule has 1 N–H and O–H groups in total. The van der Waals surface area contributed by atoms with Crippen LogP contribution >= 0.6 is 0 Å². The number of carbonyl (C=O) groups is 1. The second-order valence-electron chi connectivity index (χ2n) is 4.61. The average Bonchev–Trinajstić information content (AvgIpc) is 2.35. The van der Waals surface area contributed by atoms with E-state index < -0.39 is 0 Å². The average molecular weight is 233 g/mol. The Balaban J connectivity index is 2.27. The van der Waals surface area contributed by atoms with Crippen LogP contribution in [-0.2, 0) is 4.79 Å². The molecule has 1 aromatic rings. The van der Waals surface area contributed by atoms with Gasteiger partial charge in [-0.05, 0) is 18.6 Å². The van der Waals surface area contributed by atoms with E-state index in [-0.39, 0.29) is 11.8 Å². The van der Waals surface area contributed by atoms with Gasteiger partial charge in [0.25, 0.3) is 0 Å². The molecule has 0 spiro atoms. The topological polar surface area (TPSA) is 29.1 Å². The van der Waals surface area contributed by atoms with Crippen molar-refractivity contribution in [1.82, 2.24) is 0 Å². The van der Waals surface area contributed by atoms with Crippen molar-refractivity contribution in [2.24, 2.45) is 5.92 Å². The lowest BCUT2D eigenvalue weighted by Gasteiger charge is -2.11. The Labute approximate surface area is 104 Å². The van der Waals surface area contributed by atoms with Crippen molar-refractivity contribution in [3.05, 3.63) is 30.3 Å². The molecule has 0 saturated carbocycles. The number of unbranched alkanes of at least 4 members (excludes halogenated alkanes) is 3. The molecule has 94 valence electrons. The fraction of sp³-hybridized carbons (Fsp3) is 0.533. The van der Waals surface area contributed by atoms with Crippen LogP contribution in [0, 0.1) is 5.92 Å². The maximum absolute atomic E-state index is 11.9. The Kier molecular flexibility index (Phi) is 6.38. The van der Waals surface area contributed by atoms with Crippen LogP contribution in [0.5, 0.6) is 0 Å². The summed E-state index contributed by atoms with van der Waals surface area (Å²) in [6, 6.07) is 9.65. The number of amides is 1. The number of para-hydroxylation sites is 1. The number of hydrogen-bond acceptors (Lipinski definition) is 1. The highest BCUT2D eigenvalue weighted by molar-refractivity contribution is 5.92. The quantitative estimate of drug-likeness (QED) is 0.701. The van der Waals surface area contributed by atoms with Crippen LogP contribution in [0.25, 0.3) is 0 Å². The van der Waals surface area contributed by atoms with Gasteiger partial charge in [-0.1, -0.05) is 57.7 Å². The molecule has 0 saturated heterocycles. The molecule has 2 heteroatoms. The molecule has 17 heavy (non-hydrogen) atoms. The Hall–Kier alpha value is -1.31. The van der Waals surface area contributed by atoms with Crippen LogP contribution in [0.15, 0.2) is 30.3 Å². The fourth-order valence-corrected chi connectivity index (χ4v) is 1.80. The van der Waals surface area contributed by atoms with E-state index in [1.54, 1.807) is 0 Å². The molecule has 0 unspecified atom stereocenters. The van der Waals surface area contributed by atoms with Crippen LogP contribution in [-0.4, -0.2) is 5.91 Å². The molecular formula is C15H23NO. The summed E-state index contributed by atoms with van der Waals surface area (Å²) >= 11 is 0. The van der Waals surface area contributed by atoms with Gasteiger partial charge in [0.05, 0.1) is 0 Å². The lowest BCUT2D eigenvalue weighted by Crippen LogP contribution is -2.20. The van der Waals surface area contributed by atoms with Crippen molar-refractivity contribution in [2.75, 3.05) is 5.32 Å². The predicted molar refractivity (Wildman–Crippen MR) is 73.0 cm³/mol. The molecule has 2 nitrogen and oxygen atoms in total. The first-order valence-corrected chi connectivity index (χ1v) is 6.60. The van der Waals surface area contributed by atoms with Crippen LogP contribution < -0.4 is 5.32 Å². The third-order valence-corrected chi connectivity index (χ3v) is 2.98. The van der Waals surface area contributed by atoms with Gasteiger partial charge >= 0.3 is 0 Å². The standard InChI is InChI=1S/C15H23NO/c1-3-4-5-7-10-13(2)15(17)16-14-11-8-6-9-12-14/h6,8-9,11-13H,3-5,7,10H2,1-2H3,(H,16,17)/t13-/m0/s1. The summed E-state index contributed by atoms with van der Waals surface area (Å²) in [7, 11) is 0. The smallest absolute Gasteiger partial charge is 0.227 e. The Morgan fingerprint density at radius 3 is 2.53 bits per heavy atom. The van der Waals surface area contributed by atoms with Crippen LogP contribution in [0.4, 0.5) is 5.69 Å². The zero-order valence-corrected chi connectivity index (χ0v) is 10.9. The Morgan fingerprint density at radius 1 is 1.18 bits per heavy atom. The number of rotatable bonds is 7. The van der Waals surface area contributed by atoms with Gasteiger partial charge in [0, 0.05) is 11.6 Å². The molecule has 0 bridgehead atoms. The van der Waals surface area contributed by atoms with Crippen molar-refractivity contribution >= 4 is 11.6 Å². The maximum Gasteiger partial charge on any atom is 0.227 e. The summed E-state index contributed by atoms with van der Waals surface area (Å²) in [4.78, 5) is 11.9. The highest BCUT2D eigenvalue weighted by atomic mass is 16.1. The molecule has 1 amide bonds. The molecule has 0 aliphatic carbocycles. The van der Waals surface area contributed by atoms with E-state index in [9.17, 15) is 4.79 Å². The van der Waals surface area contributed by atoms with Crippen molar-refractivity contribution in [3.63, 3.8) is 0 Å². The minimum Gasteiger partial charge on any atom is -0.326 e. The normalized spacial score (nSPS) is 12.1. The fourth-order valence-electron chi connectivity index (χ4n) is 1.80. The van der Waals surface area contributed by atoms with E-state index >= 15 is 0 Å². The number of anilines is 1. The van der Waals surface area contributed by atoms with Crippen molar-refractivity contribution in [2.45, 2.75) is 46.0 Å². The molecule has 0 aliphatic heterocycles. The first kappa shape index (κ1) is 13.8. The molecule has 0 aliphatic rings. The number of carbonyl (C=O) groups excluding carboxylic acids is 1. The van der Waals surface area contributed by atoms with Gasteiger partial charge in [-0.2, -0.15) is 0 Å². The number of benzene rings is 1. The lowest BCUT2D eigenvalue weighted by atomic mass is 10.0. The largest absolute Gasteiger partial charge is 0.326 e. The summed E-state index contributed by atoms with van der Waals surface area (Å²) in [6.07, 6.45) is 5.88. The van der Waals surface area contributed by atoms with E-state index in [0.717, 1.165) is 18.5 Å². The van der Waals surface area contributed by atoms with E-state index in [4.69, 9.17) is 0 Å². The van der Waals surface area contributed by atoms with Crippen molar-refractivity contribution in [3.8, 4) is 0 Å². The maximum atomic E-state index is 11.9. The van der Waals surface area contributed by atoms with Gasteiger partial charge in [-0.3, -0.25) is 4.79 Å². The molecule has 1 atom stereocenters. The highest BCUT2D eigenvalue weighted by Crippen LogP contribution is 2.13. The predicted octanol–water partition coefficient (Wildman–Crippen LogP) is 4.23. The third-order valence-electron chi connectivity index (χ3n) is 2.98. The second-order valence-corrected chi connectivity index (χ2v) is 4.61. The SMILES string of the molecule is CCCCCC[C@H](C)C(=O)Nc1ccccc1. The van der Waals surface area contributed by atoms with Gasteiger partial charge in [-0.15, -0.1) is 0 Å². The van der Waals surface area contributed by atoms with Crippen molar-refractivity contribution < 1.29 is 4.79 Å². The van der Waals surface area contributed by atoms with Gasteiger partial charge < -0.3 is 5.32 Å². The van der Waals surface area contributed by atoms with E-state index in [0.29, 0.717) is 0 Å². The van der Waals surface area contributed by atoms with Gasteiger partial charge in [0.2, 0.25) is 5.91 Å². The van der Waals surface area contributed by atoms with Gasteiger partial charge in [0.15, 0.2) is 0 Å². The van der Waals surface area contributed by atoms with Crippen LogP contribution in [0.2, 0.25) is 0 Å². The van der Waals surface area contributed by atoms with Gasteiger partial charge in [-0.25, -0.2) is 0 Å². The van der Waals surface area contributed by atoms with Crippen LogP contribution in [0.3, 0.4) is 0 Å². The second kappa shape index (κ2) is 7.88. The van der Waals surface area contributed by atoms with Crippen LogP contribution in [0.1, 0.15) is 46.0 Å². The van der Waals surface area contributed by atoms with E-state index in [1.807, 2.05) is 37.3 Å². The summed E-state index contributed by atoms with van der Waals surface area (Å²) in [5, 5.41) is 2.94. The summed E-state index contributed by atoms with van der Waals surface area (Å²) in [5.41, 5.74) is 0.887. The number of nitrogens with one attached hydrogen (secondary N) is 1. The van der Waals surface area contributed by atoms with E-state index in [2.05, 4.69) is 12.2 Å². The molecule has 0 radical (unpaired) electrons. The minimum absolute atomic E-state index is 0.104. The monoisotopic (exact) mass is 233 g/mol. The summed E-state index contributed by atoms with van der Waals surface area (Å²) in [5.74, 6) is 0.236. The highest BCUT2D eigenvalue weighted by Gasteiger charge is 2.12. The third kappa shape index (κ3) is 5.53.